The van der Waals surface area contributed by atoms with Crippen LogP contribution in [0.5, 0.6) is 11.5 Å². The van der Waals surface area contributed by atoms with Crippen molar-refractivity contribution in [3.05, 3.63) is 23.8 Å². The van der Waals surface area contributed by atoms with Gasteiger partial charge in [-0.1, -0.05) is 0 Å². The van der Waals surface area contributed by atoms with E-state index in [-0.39, 0.29) is 12.0 Å². The number of nitrogens with zero attached hydrogens (tertiary/aromatic N) is 2. The van der Waals surface area contributed by atoms with Crippen LogP contribution in [0.1, 0.15) is 16.8 Å². The van der Waals surface area contributed by atoms with Crippen molar-refractivity contribution in [3.8, 4) is 11.5 Å². The number of carbonyl (C=O) groups excluding carboxylic acids is 2. The van der Waals surface area contributed by atoms with Crippen molar-refractivity contribution in [1.29, 1.82) is 0 Å². The molecule has 7 heteroatoms. The third-order valence-corrected chi connectivity index (χ3v) is 4.01. The maximum absolute atomic E-state index is 12.7. The molecule has 1 aromatic rings. The summed E-state index contributed by atoms with van der Waals surface area (Å²) in [5, 5.41) is 0. The molecule has 23 heavy (non-hydrogen) atoms. The Hall–Kier alpha value is -2.44. The third-order valence-electron chi connectivity index (χ3n) is 4.01. The van der Waals surface area contributed by atoms with Gasteiger partial charge in [0, 0.05) is 31.7 Å². The Bertz CT molecular complexity index is 604. The molecule has 2 amide bonds. The van der Waals surface area contributed by atoms with Crippen LogP contribution in [0.15, 0.2) is 18.2 Å². The number of amides is 2. The van der Waals surface area contributed by atoms with Crippen molar-refractivity contribution in [2.45, 2.75) is 6.42 Å². The summed E-state index contributed by atoms with van der Waals surface area (Å²) < 4.78 is 15.7. The van der Waals surface area contributed by atoms with E-state index < -0.39 is 0 Å². The Morgan fingerprint density at radius 1 is 1.00 bits per heavy atom. The summed E-state index contributed by atoms with van der Waals surface area (Å²) in [6.45, 7) is 3.18. The number of fused-ring (bicyclic) bond motifs is 1. The van der Waals surface area contributed by atoms with Crippen molar-refractivity contribution in [2.24, 2.45) is 0 Å². The summed E-state index contributed by atoms with van der Waals surface area (Å²) in [4.78, 5) is 27.7. The van der Waals surface area contributed by atoms with E-state index >= 15 is 0 Å². The van der Waals surface area contributed by atoms with E-state index in [1.807, 2.05) is 0 Å². The molecule has 0 radical (unpaired) electrons. The molecule has 2 aliphatic heterocycles. The lowest BCUT2D eigenvalue weighted by Crippen LogP contribution is -2.37. The predicted octanol–water partition coefficient (Wildman–Crippen LogP) is 1.37. The molecule has 7 nitrogen and oxygen atoms in total. The fourth-order valence-corrected chi connectivity index (χ4v) is 2.79. The van der Waals surface area contributed by atoms with E-state index in [0.29, 0.717) is 56.5 Å². The van der Waals surface area contributed by atoms with Gasteiger partial charge in [-0.05, 0) is 24.6 Å². The SMILES string of the molecule is COC(=O)N1CCCN(C(=O)c2ccc3c(c2)OCCO3)CC1. The fraction of sp³-hybridized carbons (Fsp3) is 0.500. The first kappa shape index (κ1) is 15.5. The summed E-state index contributed by atoms with van der Waals surface area (Å²) >= 11 is 0. The Morgan fingerprint density at radius 2 is 1.70 bits per heavy atom. The lowest BCUT2D eigenvalue weighted by Gasteiger charge is -2.23. The van der Waals surface area contributed by atoms with Crippen LogP contribution >= 0.6 is 0 Å². The normalized spacial score (nSPS) is 17.4. The molecular weight excluding hydrogens is 300 g/mol. The average molecular weight is 320 g/mol. The van der Waals surface area contributed by atoms with Crippen molar-refractivity contribution in [1.82, 2.24) is 9.80 Å². The monoisotopic (exact) mass is 320 g/mol. The third kappa shape index (κ3) is 3.33. The zero-order chi connectivity index (χ0) is 16.2. The van der Waals surface area contributed by atoms with Crippen LogP contribution in [0.4, 0.5) is 4.79 Å². The minimum atomic E-state index is -0.348. The molecule has 124 valence electrons. The van der Waals surface area contributed by atoms with Gasteiger partial charge in [0.1, 0.15) is 13.2 Å². The first-order chi connectivity index (χ1) is 11.2. The highest BCUT2D eigenvalue weighted by molar-refractivity contribution is 5.95. The van der Waals surface area contributed by atoms with Crippen molar-refractivity contribution in [2.75, 3.05) is 46.5 Å². The van der Waals surface area contributed by atoms with Crippen LogP contribution in [0, 0.1) is 0 Å². The second-order valence-electron chi connectivity index (χ2n) is 5.46. The molecule has 0 spiro atoms. The van der Waals surface area contributed by atoms with Gasteiger partial charge < -0.3 is 24.0 Å². The van der Waals surface area contributed by atoms with Gasteiger partial charge in [0.05, 0.1) is 7.11 Å². The fourth-order valence-electron chi connectivity index (χ4n) is 2.79. The number of hydrogen-bond acceptors (Lipinski definition) is 5. The zero-order valence-electron chi connectivity index (χ0n) is 13.1. The Kier molecular flexibility index (Phi) is 4.55. The number of rotatable bonds is 1. The topological polar surface area (TPSA) is 68.3 Å². The summed E-state index contributed by atoms with van der Waals surface area (Å²) in [5.74, 6) is 1.21. The first-order valence-corrected chi connectivity index (χ1v) is 7.71. The molecular formula is C16H20N2O5. The Morgan fingerprint density at radius 3 is 2.48 bits per heavy atom. The van der Waals surface area contributed by atoms with Gasteiger partial charge >= 0.3 is 6.09 Å². The smallest absolute Gasteiger partial charge is 0.409 e. The van der Waals surface area contributed by atoms with Gasteiger partial charge in [-0.15, -0.1) is 0 Å². The molecule has 0 saturated carbocycles. The molecule has 0 bridgehead atoms. The van der Waals surface area contributed by atoms with E-state index in [2.05, 4.69) is 0 Å². The van der Waals surface area contributed by atoms with Gasteiger partial charge in [-0.2, -0.15) is 0 Å². The number of carbonyl (C=O) groups is 2. The van der Waals surface area contributed by atoms with Crippen molar-refractivity contribution < 1.29 is 23.8 Å². The highest BCUT2D eigenvalue weighted by Crippen LogP contribution is 2.31. The van der Waals surface area contributed by atoms with Gasteiger partial charge in [-0.25, -0.2) is 4.79 Å². The molecule has 3 rings (SSSR count). The molecule has 1 aromatic carbocycles. The molecule has 0 aliphatic carbocycles. The van der Waals surface area contributed by atoms with Crippen molar-refractivity contribution in [3.63, 3.8) is 0 Å². The number of hydrogen-bond donors (Lipinski definition) is 0. The molecule has 0 aromatic heterocycles. The van der Waals surface area contributed by atoms with Crippen LogP contribution in [0.2, 0.25) is 0 Å². The summed E-state index contributed by atoms with van der Waals surface area (Å²) in [6, 6.07) is 5.24. The van der Waals surface area contributed by atoms with E-state index in [0.717, 1.165) is 6.42 Å². The second kappa shape index (κ2) is 6.76. The molecule has 0 N–H and O–H groups in total. The Labute approximate surface area is 134 Å². The molecule has 0 unspecified atom stereocenters. The van der Waals surface area contributed by atoms with Gasteiger partial charge in [0.15, 0.2) is 11.5 Å². The minimum absolute atomic E-state index is 0.0614. The second-order valence-corrected chi connectivity index (χ2v) is 5.46. The van der Waals surface area contributed by atoms with Gasteiger partial charge in [-0.3, -0.25) is 4.79 Å². The first-order valence-electron chi connectivity index (χ1n) is 7.71. The predicted molar refractivity (Wildman–Crippen MR) is 81.9 cm³/mol. The Balaban J connectivity index is 1.69. The molecule has 2 aliphatic rings. The summed E-state index contributed by atoms with van der Waals surface area (Å²) in [6.07, 6.45) is 0.379. The van der Waals surface area contributed by atoms with E-state index in [9.17, 15) is 9.59 Å². The van der Waals surface area contributed by atoms with Crippen LogP contribution in [0.3, 0.4) is 0 Å². The van der Waals surface area contributed by atoms with Crippen LogP contribution in [-0.2, 0) is 4.74 Å². The van der Waals surface area contributed by atoms with E-state index in [4.69, 9.17) is 14.2 Å². The summed E-state index contributed by atoms with van der Waals surface area (Å²) in [7, 11) is 1.37. The molecule has 1 fully saturated rings. The maximum atomic E-state index is 12.7. The van der Waals surface area contributed by atoms with Crippen LogP contribution in [-0.4, -0.2) is 68.3 Å². The number of methoxy groups -OCH3 is 1. The largest absolute Gasteiger partial charge is 0.486 e. The molecule has 1 saturated heterocycles. The van der Waals surface area contributed by atoms with Crippen molar-refractivity contribution >= 4 is 12.0 Å². The average Bonchev–Trinajstić information content (AvgIpc) is 2.86. The number of benzene rings is 1. The lowest BCUT2D eigenvalue weighted by molar-refractivity contribution is 0.0756. The van der Waals surface area contributed by atoms with E-state index in [1.165, 1.54) is 7.11 Å². The van der Waals surface area contributed by atoms with Crippen LogP contribution < -0.4 is 9.47 Å². The zero-order valence-corrected chi connectivity index (χ0v) is 13.1. The van der Waals surface area contributed by atoms with Crippen LogP contribution in [0.25, 0.3) is 0 Å². The highest BCUT2D eigenvalue weighted by Gasteiger charge is 2.24. The van der Waals surface area contributed by atoms with Gasteiger partial charge in [0.2, 0.25) is 0 Å². The number of ether oxygens (including phenoxy) is 3. The standard InChI is InChI=1S/C16H20N2O5/c1-21-16(20)18-6-2-5-17(7-8-18)15(19)12-3-4-13-14(11-12)23-10-9-22-13/h3-4,11H,2,5-10H2,1H3. The quantitative estimate of drug-likeness (QED) is 0.782. The highest BCUT2D eigenvalue weighted by atomic mass is 16.6. The maximum Gasteiger partial charge on any atom is 0.409 e. The van der Waals surface area contributed by atoms with Gasteiger partial charge in [0.25, 0.3) is 5.91 Å². The minimum Gasteiger partial charge on any atom is -0.486 e. The molecule has 0 atom stereocenters. The molecule has 2 heterocycles. The van der Waals surface area contributed by atoms with E-state index in [1.54, 1.807) is 28.0 Å². The lowest BCUT2D eigenvalue weighted by atomic mass is 10.1. The summed E-state index contributed by atoms with van der Waals surface area (Å²) in [5.41, 5.74) is 0.570.